The smallest absolute Gasteiger partial charge is 0.243 e. The molecular weight excluding hydrogens is 322 g/mol. The Labute approximate surface area is 147 Å². The molecule has 2 rings (SSSR count). The summed E-state index contributed by atoms with van der Waals surface area (Å²) in [5.41, 5.74) is 0.961. The molecule has 1 aromatic rings. The number of sulfonamides is 1. The average Bonchev–Trinajstić information content (AvgIpc) is 2.51. The van der Waals surface area contributed by atoms with E-state index in [0.29, 0.717) is 36.4 Å². The number of piperidine rings is 1. The van der Waals surface area contributed by atoms with Crippen LogP contribution in [0.1, 0.15) is 58.9 Å². The number of hydrogen-bond acceptors (Lipinski definition) is 3. The molecule has 2 atom stereocenters. The number of nitrogens with zero attached hydrogens (tertiary/aromatic N) is 1. The fraction of sp³-hybridized carbons (Fsp3) is 0.684. The number of rotatable bonds is 6. The largest absolute Gasteiger partial charge is 0.493 e. The van der Waals surface area contributed by atoms with Crippen LogP contribution in [0.5, 0.6) is 5.75 Å². The third-order valence-electron chi connectivity index (χ3n) is 4.54. The van der Waals surface area contributed by atoms with Crippen molar-refractivity contribution >= 4 is 10.0 Å². The standard InChI is InChI=1S/C19H31NO3S/c1-6-9-23-19-8-7-17(11-18(19)14(2)3)24(21,22)20-12-15(4)10-16(5)13-20/h7-8,11,14-16H,6,9-10,12-13H2,1-5H3. The van der Waals surface area contributed by atoms with Gasteiger partial charge in [-0.05, 0) is 54.4 Å². The highest BCUT2D eigenvalue weighted by Gasteiger charge is 2.32. The van der Waals surface area contributed by atoms with Crippen molar-refractivity contribution in [3.8, 4) is 5.75 Å². The molecule has 1 fully saturated rings. The molecule has 1 aliphatic heterocycles. The molecule has 0 aliphatic carbocycles. The summed E-state index contributed by atoms with van der Waals surface area (Å²) in [7, 11) is -3.44. The maximum Gasteiger partial charge on any atom is 0.243 e. The van der Waals surface area contributed by atoms with E-state index in [-0.39, 0.29) is 5.92 Å². The van der Waals surface area contributed by atoms with Crippen molar-refractivity contribution in [1.82, 2.24) is 4.31 Å². The first-order valence-electron chi connectivity index (χ1n) is 9.02. The Kier molecular flexibility index (Phi) is 6.32. The van der Waals surface area contributed by atoms with E-state index in [1.165, 1.54) is 0 Å². The molecule has 4 nitrogen and oxygen atoms in total. The molecule has 0 bridgehead atoms. The molecule has 0 radical (unpaired) electrons. The Morgan fingerprint density at radius 1 is 1.21 bits per heavy atom. The molecule has 0 saturated carbocycles. The maximum absolute atomic E-state index is 13.1. The highest BCUT2D eigenvalue weighted by Crippen LogP contribution is 2.32. The van der Waals surface area contributed by atoms with Gasteiger partial charge in [0.05, 0.1) is 11.5 Å². The highest BCUT2D eigenvalue weighted by atomic mass is 32.2. The molecule has 2 unspecified atom stereocenters. The van der Waals surface area contributed by atoms with Gasteiger partial charge in [0, 0.05) is 13.1 Å². The van der Waals surface area contributed by atoms with Crippen LogP contribution >= 0.6 is 0 Å². The van der Waals surface area contributed by atoms with Gasteiger partial charge in [0.25, 0.3) is 0 Å². The van der Waals surface area contributed by atoms with Gasteiger partial charge in [-0.25, -0.2) is 8.42 Å². The van der Waals surface area contributed by atoms with E-state index in [0.717, 1.165) is 24.2 Å². The quantitative estimate of drug-likeness (QED) is 0.767. The van der Waals surface area contributed by atoms with E-state index in [1.54, 1.807) is 16.4 Å². The summed E-state index contributed by atoms with van der Waals surface area (Å²) in [6.45, 7) is 12.3. The predicted molar refractivity (Wildman–Crippen MR) is 98.0 cm³/mol. The van der Waals surface area contributed by atoms with Crippen molar-refractivity contribution in [2.75, 3.05) is 19.7 Å². The fourth-order valence-electron chi connectivity index (χ4n) is 3.43. The van der Waals surface area contributed by atoms with E-state index in [4.69, 9.17) is 4.74 Å². The molecular formula is C19H31NO3S. The molecule has 1 heterocycles. The summed E-state index contributed by atoms with van der Waals surface area (Å²) < 4.78 is 33.6. The van der Waals surface area contributed by atoms with Crippen LogP contribution < -0.4 is 4.74 Å². The first-order chi connectivity index (χ1) is 11.3. The normalized spacial score (nSPS) is 22.8. The highest BCUT2D eigenvalue weighted by molar-refractivity contribution is 7.89. The van der Waals surface area contributed by atoms with Crippen LogP contribution in [-0.2, 0) is 10.0 Å². The Morgan fingerprint density at radius 3 is 2.38 bits per heavy atom. The molecule has 0 amide bonds. The van der Waals surface area contributed by atoms with Gasteiger partial charge in [0.15, 0.2) is 0 Å². The zero-order valence-electron chi connectivity index (χ0n) is 15.6. The third-order valence-corrected chi connectivity index (χ3v) is 6.37. The fourth-order valence-corrected chi connectivity index (χ4v) is 5.15. The average molecular weight is 354 g/mol. The SMILES string of the molecule is CCCOc1ccc(S(=O)(=O)N2CC(C)CC(C)C2)cc1C(C)C. The lowest BCUT2D eigenvalue weighted by molar-refractivity contribution is 0.222. The predicted octanol–water partition coefficient (Wildman–Crippen LogP) is 4.27. The minimum atomic E-state index is -3.44. The van der Waals surface area contributed by atoms with E-state index in [9.17, 15) is 8.42 Å². The third kappa shape index (κ3) is 4.31. The second-order valence-corrected chi connectivity index (χ2v) is 9.41. The van der Waals surface area contributed by atoms with Crippen LogP contribution in [0.2, 0.25) is 0 Å². The number of ether oxygens (including phenoxy) is 1. The summed E-state index contributed by atoms with van der Waals surface area (Å²) in [6.07, 6.45) is 2.02. The second kappa shape index (κ2) is 7.87. The van der Waals surface area contributed by atoms with Crippen molar-refractivity contribution in [2.24, 2.45) is 11.8 Å². The zero-order valence-corrected chi connectivity index (χ0v) is 16.4. The second-order valence-electron chi connectivity index (χ2n) is 7.47. The van der Waals surface area contributed by atoms with Crippen molar-refractivity contribution in [1.29, 1.82) is 0 Å². The molecule has 0 N–H and O–H groups in total. The molecule has 0 spiro atoms. The van der Waals surface area contributed by atoms with Crippen LogP contribution in [0.3, 0.4) is 0 Å². The summed E-state index contributed by atoms with van der Waals surface area (Å²) in [6, 6.07) is 5.31. The van der Waals surface area contributed by atoms with Gasteiger partial charge < -0.3 is 4.74 Å². The molecule has 5 heteroatoms. The Hall–Kier alpha value is -1.07. The topological polar surface area (TPSA) is 46.6 Å². The first-order valence-corrected chi connectivity index (χ1v) is 10.5. The van der Waals surface area contributed by atoms with Gasteiger partial charge in [-0.3, -0.25) is 0 Å². The van der Waals surface area contributed by atoms with Gasteiger partial charge >= 0.3 is 0 Å². The van der Waals surface area contributed by atoms with Crippen LogP contribution in [0, 0.1) is 11.8 Å². The van der Waals surface area contributed by atoms with E-state index < -0.39 is 10.0 Å². The van der Waals surface area contributed by atoms with Gasteiger partial charge in [0.1, 0.15) is 5.75 Å². The van der Waals surface area contributed by atoms with Gasteiger partial charge in [-0.15, -0.1) is 0 Å². The molecule has 0 aromatic heterocycles. The lowest BCUT2D eigenvalue weighted by Gasteiger charge is -2.34. The Bertz CT molecular complexity index is 645. The molecule has 1 aliphatic rings. The lowest BCUT2D eigenvalue weighted by Crippen LogP contribution is -2.42. The van der Waals surface area contributed by atoms with Gasteiger partial charge in [-0.2, -0.15) is 4.31 Å². The zero-order chi connectivity index (χ0) is 17.9. The summed E-state index contributed by atoms with van der Waals surface area (Å²) in [4.78, 5) is 0.386. The van der Waals surface area contributed by atoms with Crippen LogP contribution in [0.4, 0.5) is 0 Å². The molecule has 24 heavy (non-hydrogen) atoms. The van der Waals surface area contributed by atoms with Crippen LogP contribution in [0.25, 0.3) is 0 Å². The molecule has 1 saturated heterocycles. The van der Waals surface area contributed by atoms with Crippen molar-refractivity contribution in [3.05, 3.63) is 23.8 Å². The lowest BCUT2D eigenvalue weighted by atomic mass is 9.94. The van der Waals surface area contributed by atoms with Crippen molar-refractivity contribution in [2.45, 2.75) is 58.3 Å². The van der Waals surface area contributed by atoms with E-state index >= 15 is 0 Å². The number of benzene rings is 1. The Balaban J connectivity index is 2.34. The summed E-state index contributed by atoms with van der Waals surface area (Å²) in [5, 5.41) is 0. The van der Waals surface area contributed by atoms with Crippen LogP contribution in [0.15, 0.2) is 23.1 Å². The van der Waals surface area contributed by atoms with Gasteiger partial charge in [0.2, 0.25) is 10.0 Å². The monoisotopic (exact) mass is 353 g/mol. The molecule has 136 valence electrons. The van der Waals surface area contributed by atoms with Crippen LogP contribution in [-0.4, -0.2) is 32.4 Å². The van der Waals surface area contributed by atoms with Crippen molar-refractivity contribution in [3.63, 3.8) is 0 Å². The first kappa shape index (κ1) is 19.3. The van der Waals surface area contributed by atoms with E-state index in [2.05, 4.69) is 34.6 Å². The van der Waals surface area contributed by atoms with Crippen molar-refractivity contribution < 1.29 is 13.2 Å². The minimum Gasteiger partial charge on any atom is -0.493 e. The number of hydrogen-bond donors (Lipinski definition) is 0. The Morgan fingerprint density at radius 2 is 1.83 bits per heavy atom. The summed E-state index contributed by atoms with van der Waals surface area (Å²) >= 11 is 0. The molecule has 1 aromatic carbocycles. The van der Waals surface area contributed by atoms with E-state index in [1.807, 2.05) is 6.07 Å². The minimum absolute atomic E-state index is 0.214. The maximum atomic E-state index is 13.1. The van der Waals surface area contributed by atoms with Gasteiger partial charge in [-0.1, -0.05) is 34.6 Å². The summed E-state index contributed by atoms with van der Waals surface area (Å²) in [5.74, 6) is 1.82.